The lowest BCUT2D eigenvalue weighted by molar-refractivity contribution is 0.0607. The molecule has 0 radical (unpaired) electrons. The van der Waals surface area contributed by atoms with E-state index in [2.05, 4.69) is 18.3 Å². The number of piperidine rings is 1. The fraction of sp³-hybridized carbons (Fsp3) is 0.600. The summed E-state index contributed by atoms with van der Waals surface area (Å²) in [5.41, 5.74) is 0.910. The van der Waals surface area contributed by atoms with E-state index in [1.165, 1.54) is 9.56 Å². The van der Waals surface area contributed by atoms with Crippen LogP contribution < -0.4 is 5.32 Å². The number of carbonyl (C=O) groups excluding carboxylic acids is 1. The molecule has 1 saturated heterocycles. The molecule has 2 aromatic heterocycles. The fourth-order valence-corrected chi connectivity index (χ4v) is 4.52. The van der Waals surface area contributed by atoms with E-state index in [0.29, 0.717) is 6.42 Å². The highest BCUT2D eigenvalue weighted by atomic mass is 35.5. The number of carbonyl (C=O) groups is 1. The first-order valence-electron chi connectivity index (χ1n) is 9.45. The summed E-state index contributed by atoms with van der Waals surface area (Å²) in [5.74, 6) is -0.164. The second-order valence-corrected chi connectivity index (χ2v) is 10.1. The van der Waals surface area contributed by atoms with Crippen LogP contribution in [0.1, 0.15) is 54.7 Å². The Hall–Kier alpha value is -1.21. The molecule has 0 aliphatic carbocycles. The monoisotopic (exact) mass is 409 g/mol. The van der Waals surface area contributed by atoms with Crippen LogP contribution in [0.4, 0.5) is 0 Å². The van der Waals surface area contributed by atoms with Gasteiger partial charge < -0.3 is 10.4 Å². The van der Waals surface area contributed by atoms with Crippen LogP contribution in [0, 0.1) is 5.41 Å². The van der Waals surface area contributed by atoms with Crippen LogP contribution >= 0.6 is 22.9 Å². The Bertz CT molecular complexity index is 806. The van der Waals surface area contributed by atoms with Crippen molar-refractivity contribution in [2.45, 2.75) is 51.9 Å². The van der Waals surface area contributed by atoms with Gasteiger partial charge >= 0.3 is 0 Å². The third kappa shape index (κ3) is 4.45. The van der Waals surface area contributed by atoms with Gasteiger partial charge in [0.2, 0.25) is 0 Å². The van der Waals surface area contributed by atoms with Gasteiger partial charge in [-0.25, -0.2) is 4.68 Å². The number of hydrogen-bond donors (Lipinski definition) is 2. The standard InChI is InChI=1S/C20H28ClN3O2S/c1-19(2,13-25)18(26)24-14(5-6-15-7-8-17(21)27-15)11-16(23-24)20(3)9-4-10-22-12-20/h7-8,11,22,25H,4-6,9-10,12-13H2,1-3H3. The average molecular weight is 410 g/mol. The van der Waals surface area contributed by atoms with Crippen LogP contribution in [0.15, 0.2) is 18.2 Å². The molecule has 1 atom stereocenters. The van der Waals surface area contributed by atoms with Gasteiger partial charge in [-0.15, -0.1) is 11.3 Å². The number of thiophene rings is 1. The van der Waals surface area contributed by atoms with Crippen LogP contribution in [-0.2, 0) is 18.3 Å². The van der Waals surface area contributed by atoms with E-state index >= 15 is 0 Å². The molecule has 1 aliphatic heterocycles. The Morgan fingerprint density at radius 3 is 2.81 bits per heavy atom. The summed E-state index contributed by atoms with van der Waals surface area (Å²) < 4.78 is 2.30. The van der Waals surface area contributed by atoms with Gasteiger partial charge in [-0.3, -0.25) is 4.79 Å². The summed E-state index contributed by atoms with van der Waals surface area (Å²) in [4.78, 5) is 14.2. The Morgan fingerprint density at radius 1 is 1.44 bits per heavy atom. The fourth-order valence-electron chi connectivity index (χ4n) is 3.44. The number of nitrogens with zero attached hydrogens (tertiary/aromatic N) is 2. The zero-order chi connectivity index (χ0) is 19.7. The molecule has 1 aliphatic rings. The molecule has 3 heterocycles. The number of aliphatic hydroxyl groups excluding tert-OH is 1. The van der Waals surface area contributed by atoms with Crippen molar-refractivity contribution < 1.29 is 9.90 Å². The van der Waals surface area contributed by atoms with Crippen LogP contribution in [0.5, 0.6) is 0 Å². The Balaban J connectivity index is 1.92. The molecular formula is C20H28ClN3O2S. The molecule has 2 aromatic rings. The van der Waals surface area contributed by atoms with E-state index in [1.807, 2.05) is 12.1 Å². The third-order valence-corrected chi connectivity index (χ3v) is 6.71. The highest BCUT2D eigenvalue weighted by Gasteiger charge is 2.35. The van der Waals surface area contributed by atoms with Crippen molar-refractivity contribution in [1.82, 2.24) is 15.1 Å². The maximum Gasteiger partial charge on any atom is 0.255 e. The summed E-state index contributed by atoms with van der Waals surface area (Å²) in [7, 11) is 0. The van der Waals surface area contributed by atoms with E-state index in [1.54, 1.807) is 25.2 Å². The Kier molecular flexibility index (Phi) is 6.11. The quantitative estimate of drug-likeness (QED) is 0.763. The highest BCUT2D eigenvalue weighted by Crippen LogP contribution is 2.32. The van der Waals surface area contributed by atoms with Crippen molar-refractivity contribution in [3.05, 3.63) is 38.8 Å². The van der Waals surface area contributed by atoms with Gasteiger partial charge in [-0.05, 0) is 64.3 Å². The van der Waals surface area contributed by atoms with Crippen molar-refractivity contribution in [3.63, 3.8) is 0 Å². The zero-order valence-corrected chi connectivity index (χ0v) is 17.8. The van der Waals surface area contributed by atoms with Crippen LogP contribution in [-0.4, -0.2) is 40.5 Å². The van der Waals surface area contributed by atoms with Gasteiger partial charge in [0, 0.05) is 22.5 Å². The van der Waals surface area contributed by atoms with Crippen molar-refractivity contribution in [2.24, 2.45) is 5.41 Å². The van der Waals surface area contributed by atoms with Crippen molar-refractivity contribution in [2.75, 3.05) is 19.7 Å². The minimum absolute atomic E-state index is 0.0753. The minimum atomic E-state index is -0.865. The molecule has 0 bridgehead atoms. The van der Waals surface area contributed by atoms with Gasteiger partial charge in [0.15, 0.2) is 0 Å². The number of hydrogen-bond acceptors (Lipinski definition) is 5. The normalized spacial score (nSPS) is 20.8. The zero-order valence-electron chi connectivity index (χ0n) is 16.2. The van der Waals surface area contributed by atoms with Gasteiger partial charge in [-0.2, -0.15) is 5.10 Å². The molecule has 0 aromatic carbocycles. The molecule has 27 heavy (non-hydrogen) atoms. The summed E-state index contributed by atoms with van der Waals surface area (Å²) in [6, 6.07) is 6.01. The SMILES string of the molecule is CC(C)(CO)C(=O)n1nc(C2(C)CCCNC2)cc1CCc1ccc(Cl)s1. The lowest BCUT2D eigenvalue weighted by Gasteiger charge is -2.32. The van der Waals surface area contributed by atoms with Crippen LogP contribution in [0.25, 0.3) is 0 Å². The average Bonchev–Trinajstić information content (AvgIpc) is 3.26. The summed E-state index contributed by atoms with van der Waals surface area (Å²) in [5, 5.41) is 17.8. The maximum atomic E-state index is 13.0. The van der Waals surface area contributed by atoms with E-state index < -0.39 is 5.41 Å². The molecule has 148 valence electrons. The maximum absolute atomic E-state index is 13.0. The van der Waals surface area contributed by atoms with Gasteiger partial charge in [0.25, 0.3) is 5.91 Å². The molecular weight excluding hydrogens is 382 g/mol. The first-order chi connectivity index (χ1) is 12.7. The molecule has 3 rings (SSSR count). The lowest BCUT2D eigenvalue weighted by Crippen LogP contribution is -2.41. The molecule has 0 amide bonds. The second kappa shape index (κ2) is 8.03. The second-order valence-electron chi connectivity index (χ2n) is 8.33. The van der Waals surface area contributed by atoms with Crippen molar-refractivity contribution in [3.8, 4) is 0 Å². The molecule has 1 unspecified atom stereocenters. The predicted molar refractivity (Wildman–Crippen MR) is 110 cm³/mol. The van der Waals surface area contributed by atoms with Gasteiger partial charge in [-0.1, -0.05) is 18.5 Å². The minimum Gasteiger partial charge on any atom is -0.395 e. The summed E-state index contributed by atoms with van der Waals surface area (Å²) in [6.07, 6.45) is 3.67. The van der Waals surface area contributed by atoms with Crippen LogP contribution in [0.2, 0.25) is 4.34 Å². The molecule has 0 spiro atoms. The largest absolute Gasteiger partial charge is 0.395 e. The Morgan fingerprint density at radius 2 is 2.22 bits per heavy atom. The smallest absolute Gasteiger partial charge is 0.255 e. The molecule has 5 nitrogen and oxygen atoms in total. The summed E-state index contributed by atoms with van der Waals surface area (Å²) in [6.45, 7) is 7.39. The van der Waals surface area contributed by atoms with Gasteiger partial charge in [0.05, 0.1) is 22.1 Å². The predicted octanol–water partition coefficient (Wildman–Crippen LogP) is 3.68. The highest BCUT2D eigenvalue weighted by molar-refractivity contribution is 7.16. The van der Waals surface area contributed by atoms with Crippen molar-refractivity contribution in [1.29, 1.82) is 0 Å². The number of rotatable bonds is 6. The molecule has 1 fully saturated rings. The van der Waals surface area contributed by atoms with E-state index in [4.69, 9.17) is 16.7 Å². The number of nitrogens with one attached hydrogen (secondary N) is 1. The van der Waals surface area contributed by atoms with Gasteiger partial charge in [0.1, 0.15) is 0 Å². The number of aromatic nitrogens is 2. The first kappa shape index (κ1) is 20.5. The molecule has 2 N–H and O–H groups in total. The number of aryl methyl sites for hydroxylation is 2. The van der Waals surface area contributed by atoms with E-state index in [9.17, 15) is 9.90 Å². The topological polar surface area (TPSA) is 67.1 Å². The third-order valence-electron chi connectivity index (χ3n) is 5.42. The number of halogens is 1. The molecule has 0 saturated carbocycles. The lowest BCUT2D eigenvalue weighted by atomic mass is 9.80. The van der Waals surface area contributed by atoms with E-state index in [-0.39, 0.29) is 17.9 Å². The summed E-state index contributed by atoms with van der Waals surface area (Å²) >= 11 is 7.60. The molecule has 7 heteroatoms. The Labute approximate surface area is 169 Å². The van der Waals surface area contributed by atoms with Crippen molar-refractivity contribution >= 4 is 28.8 Å². The van der Waals surface area contributed by atoms with E-state index in [0.717, 1.165) is 48.1 Å². The first-order valence-corrected chi connectivity index (χ1v) is 10.6. The number of aliphatic hydroxyl groups is 1. The van der Waals surface area contributed by atoms with Crippen LogP contribution in [0.3, 0.4) is 0 Å².